The Hall–Kier alpha value is -1.13. The van der Waals surface area contributed by atoms with Gasteiger partial charge in [-0.3, -0.25) is 4.68 Å². The van der Waals surface area contributed by atoms with Crippen molar-refractivity contribution < 1.29 is 0 Å². The van der Waals surface area contributed by atoms with Gasteiger partial charge >= 0.3 is 0 Å². The molecular weight excluding hydrogens is 242 g/mol. The molecule has 98 valence electrons. The number of aryl methyl sites for hydroxylation is 1. The summed E-state index contributed by atoms with van der Waals surface area (Å²) < 4.78 is 2.04. The summed E-state index contributed by atoms with van der Waals surface area (Å²) >= 11 is 1.83. The lowest BCUT2D eigenvalue weighted by Gasteiger charge is -2.21. The minimum atomic E-state index is 0.377. The Bertz CT molecular complexity index is 461. The van der Waals surface area contributed by atoms with Gasteiger partial charge in [-0.1, -0.05) is 6.07 Å². The molecule has 2 unspecified atom stereocenters. The number of hydrogen-bond acceptors (Lipinski definition) is 3. The number of thiophene rings is 1. The van der Waals surface area contributed by atoms with E-state index in [1.807, 2.05) is 22.2 Å². The molecule has 0 amide bonds. The quantitative estimate of drug-likeness (QED) is 0.868. The molecule has 4 heteroatoms. The maximum Gasteiger partial charge on any atom is 0.0641 e. The topological polar surface area (TPSA) is 29.9 Å². The zero-order chi connectivity index (χ0) is 13.0. The van der Waals surface area contributed by atoms with Gasteiger partial charge in [0, 0.05) is 23.7 Å². The van der Waals surface area contributed by atoms with E-state index in [0.717, 1.165) is 13.0 Å². The molecule has 3 nitrogen and oxygen atoms in total. The number of hydrogen-bond donors (Lipinski definition) is 1. The predicted molar refractivity (Wildman–Crippen MR) is 77.2 cm³/mol. The molecular formula is C14H21N3S. The SMILES string of the molecule is Cc1cnn(C(C)C(C)NCCc2cccs2)c1. The highest BCUT2D eigenvalue weighted by atomic mass is 32.1. The van der Waals surface area contributed by atoms with Crippen molar-refractivity contribution >= 4 is 11.3 Å². The van der Waals surface area contributed by atoms with Gasteiger partial charge in [-0.15, -0.1) is 11.3 Å². The van der Waals surface area contributed by atoms with Crippen molar-refractivity contribution in [3.8, 4) is 0 Å². The Morgan fingerprint density at radius 1 is 1.44 bits per heavy atom. The fourth-order valence-corrected chi connectivity index (χ4v) is 2.64. The molecule has 0 bridgehead atoms. The molecule has 0 saturated carbocycles. The van der Waals surface area contributed by atoms with Crippen molar-refractivity contribution in [1.29, 1.82) is 0 Å². The second kappa shape index (κ2) is 6.16. The van der Waals surface area contributed by atoms with Crippen molar-refractivity contribution in [2.75, 3.05) is 6.54 Å². The number of nitrogens with one attached hydrogen (secondary N) is 1. The third-order valence-electron chi connectivity index (χ3n) is 3.29. The van der Waals surface area contributed by atoms with Gasteiger partial charge in [0.2, 0.25) is 0 Å². The van der Waals surface area contributed by atoms with Crippen LogP contribution in [0.2, 0.25) is 0 Å². The smallest absolute Gasteiger partial charge is 0.0641 e. The molecule has 0 fully saturated rings. The van der Waals surface area contributed by atoms with Crippen LogP contribution < -0.4 is 5.32 Å². The minimum absolute atomic E-state index is 0.377. The number of rotatable bonds is 6. The predicted octanol–water partition coefficient (Wildman–Crippen LogP) is 3.03. The van der Waals surface area contributed by atoms with Crippen LogP contribution in [0.4, 0.5) is 0 Å². The summed E-state index contributed by atoms with van der Waals surface area (Å²) in [5.74, 6) is 0. The zero-order valence-electron chi connectivity index (χ0n) is 11.3. The molecule has 0 spiro atoms. The Kier molecular flexibility index (Phi) is 4.55. The summed E-state index contributed by atoms with van der Waals surface area (Å²) in [5.41, 5.74) is 1.22. The van der Waals surface area contributed by atoms with Gasteiger partial charge in [0.05, 0.1) is 12.2 Å². The molecule has 0 radical (unpaired) electrons. The third-order valence-corrected chi connectivity index (χ3v) is 4.23. The Labute approximate surface area is 113 Å². The van der Waals surface area contributed by atoms with Crippen LogP contribution in [0.3, 0.4) is 0 Å². The Balaban J connectivity index is 1.79. The average Bonchev–Trinajstić information content (AvgIpc) is 2.99. The highest BCUT2D eigenvalue weighted by Crippen LogP contribution is 2.12. The van der Waals surface area contributed by atoms with Gasteiger partial charge in [0.1, 0.15) is 0 Å². The van der Waals surface area contributed by atoms with E-state index in [1.165, 1.54) is 10.4 Å². The average molecular weight is 263 g/mol. The van der Waals surface area contributed by atoms with E-state index in [1.54, 1.807) is 0 Å². The van der Waals surface area contributed by atoms with Crippen LogP contribution in [0.15, 0.2) is 29.9 Å². The maximum atomic E-state index is 4.37. The van der Waals surface area contributed by atoms with E-state index in [9.17, 15) is 0 Å². The molecule has 18 heavy (non-hydrogen) atoms. The van der Waals surface area contributed by atoms with E-state index in [-0.39, 0.29) is 0 Å². The zero-order valence-corrected chi connectivity index (χ0v) is 12.1. The standard InChI is InChI=1S/C14H21N3S/c1-11-9-16-17(10-11)13(3)12(2)15-7-6-14-5-4-8-18-14/h4-5,8-10,12-13,15H,6-7H2,1-3H3. The second-order valence-corrected chi connectivity index (χ2v) is 5.84. The first kappa shape index (κ1) is 13.3. The normalized spacial score (nSPS) is 14.6. The van der Waals surface area contributed by atoms with E-state index in [2.05, 4.69) is 54.9 Å². The first-order valence-corrected chi connectivity index (χ1v) is 7.31. The van der Waals surface area contributed by atoms with Crippen LogP contribution in [0.25, 0.3) is 0 Å². The first-order chi connectivity index (χ1) is 8.66. The molecule has 0 aliphatic heterocycles. The first-order valence-electron chi connectivity index (χ1n) is 6.43. The summed E-state index contributed by atoms with van der Waals surface area (Å²) in [7, 11) is 0. The van der Waals surface area contributed by atoms with E-state index < -0.39 is 0 Å². The van der Waals surface area contributed by atoms with Gasteiger partial charge in [-0.2, -0.15) is 5.10 Å². The molecule has 2 aromatic rings. The molecule has 0 saturated heterocycles. The highest BCUT2D eigenvalue weighted by molar-refractivity contribution is 7.09. The summed E-state index contributed by atoms with van der Waals surface area (Å²) in [5, 5.41) is 10.1. The van der Waals surface area contributed by atoms with Crippen LogP contribution in [-0.2, 0) is 6.42 Å². The maximum absolute atomic E-state index is 4.37. The Morgan fingerprint density at radius 2 is 2.28 bits per heavy atom. The Morgan fingerprint density at radius 3 is 2.89 bits per heavy atom. The lowest BCUT2D eigenvalue weighted by molar-refractivity contribution is 0.368. The molecule has 2 rings (SSSR count). The minimum Gasteiger partial charge on any atom is -0.312 e. The van der Waals surface area contributed by atoms with Crippen molar-refractivity contribution in [3.63, 3.8) is 0 Å². The fraction of sp³-hybridized carbons (Fsp3) is 0.500. The summed E-state index contributed by atoms with van der Waals surface area (Å²) in [6, 6.07) is 5.10. The van der Waals surface area contributed by atoms with Crippen molar-refractivity contribution in [1.82, 2.24) is 15.1 Å². The number of nitrogens with zero attached hydrogens (tertiary/aromatic N) is 2. The van der Waals surface area contributed by atoms with Gasteiger partial charge in [0.25, 0.3) is 0 Å². The van der Waals surface area contributed by atoms with Gasteiger partial charge < -0.3 is 5.32 Å². The molecule has 2 heterocycles. The van der Waals surface area contributed by atoms with Crippen molar-refractivity contribution in [2.24, 2.45) is 0 Å². The molecule has 0 aliphatic rings. The summed E-state index contributed by atoms with van der Waals surface area (Å²) in [6.07, 6.45) is 5.11. The van der Waals surface area contributed by atoms with Crippen LogP contribution in [0.5, 0.6) is 0 Å². The lowest BCUT2D eigenvalue weighted by Crippen LogP contribution is -2.35. The molecule has 0 aliphatic carbocycles. The molecule has 2 aromatic heterocycles. The van der Waals surface area contributed by atoms with Crippen LogP contribution >= 0.6 is 11.3 Å². The largest absolute Gasteiger partial charge is 0.312 e. The van der Waals surface area contributed by atoms with Gasteiger partial charge in [-0.25, -0.2) is 0 Å². The van der Waals surface area contributed by atoms with Crippen LogP contribution in [0.1, 0.15) is 30.3 Å². The third kappa shape index (κ3) is 3.43. The number of aromatic nitrogens is 2. The lowest BCUT2D eigenvalue weighted by atomic mass is 10.1. The molecule has 1 N–H and O–H groups in total. The van der Waals surface area contributed by atoms with Gasteiger partial charge in [0.15, 0.2) is 0 Å². The van der Waals surface area contributed by atoms with E-state index in [4.69, 9.17) is 0 Å². The second-order valence-electron chi connectivity index (χ2n) is 4.81. The van der Waals surface area contributed by atoms with Gasteiger partial charge in [-0.05, 0) is 44.2 Å². The monoisotopic (exact) mass is 263 g/mol. The van der Waals surface area contributed by atoms with E-state index in [0.29, 0.717) is 12.1 Å². The van der Waals surface area contributed by atoms with Crippen molar-refractivity contribution in [3.05, 3.63) is 40.3 Å². The van der Waals surface area contributed by atoms with Crippen LogP contribution in [0, 0.1) is 6.92 Å². The fourth-order valence-electron chi connectivity index (χ4n) is 1.93. The summed E-state index contributed by atoms with van der Waals surface area (Å²) in [4.78, 5) is 1.44. The van der Waals surface area contributed by atoms with Crippen molar-refractivity contribution in [2.45, 2.75) is 39.3 Å². The highest BCUT2D eigenvalue weighted by Gasteiger charge is 2.13. The van der Waals surface area contributed by atoms with Crippen LogP contribution in [-0.4, -0.2) is 22.4 Å². The summed E-state index contributed by atoms with van der Waals surface area (Å²) in [6.45, 7) is 7.52. The van der Waals surface area contributed by atoms with E-state index >= 15 is 0 Å². The molecule has 2 atom stereocenters. The molecule has 0 aromatic carbocycles.